The molecular weight excluding hydrogens is 899 g/mol. The highest BCUT2D eigenvalue weighted by Gasteiger charge is 2.44. The maximum Gasteiger partial charge on any atom is 0.433 e. The number of nitrogens with zero attached hydrogens (tertiary/aromatic N) is 14. The molecule has 6 atom stereocenters. The van der Waals surface area contributed by atoms with Crippen LogP contribution in [0.25, 0.3) is 27.0 Å². The highest BCUT2D eigenvalue weighted by atomic mass is 19.4. The predicted molar refractivity (Wildman–Crippen MR) is 229 cm³/mol. The van der Waals surface area contributed by atoms with Crippen LogP contribution in [0.1, 0.15) is 121 Å². The fourth-order valence-corrected chi connectivity index (χ4v) is 8.79. The van der Waals surface area contributed by atoms with Gasteiger partial charge in [-0.2, -0.15) is 41.8 Å². The number of H-pyrrole nitrogens is 2. The van der Waals surface area contributed by atoms with Gasteiger partial charge in [-0.3, -0.25) is 19.6 Å². The summed E-state index contributed by atoms with van der Waals surface area (Å²) in [6.45, 7) is 3.55. The van der Waals surface area contributed by atoms with Crippen LogP contribution in [0.15, 0.2) is 82.0 Å². The summed E-state index contributed by atoms with van der Waals surface area (Å²) in [7, 11) is 0. The maximum absolute atomic E-state index is 14.1. The number of rotatable bonds is 8. The van der Waals surface area contributed by atoms with E-state index in [9.17, 15) is 41.2 Å². The molecule has 0 amide bonds. The van der Waals surface area contributed by atoms with E-state index in [1.54, 1.807) is 49.6 Å². The van der Waals surface area contributed by atoms with Crippen molar-refractivity contribution in [2.24, 2.45) is 10.9 Å². The molecule has 0 bridgehead atoms. The lowest BCUT2D eigenvalue weighted by atomic mass is 9.72. The van der Waals surface area contributed by atoms with E-state index in [2.05, 4.69) is 51.0 Å². The van der Waals surface area contributed by atoms with E-state index in [0.717, 1.165) is 30.9 Å². The highest BCUT2D eigenvalue weighted by Crippen LogP contribution is 2.47. The van der Waals surface area contributed by atoms with Gasteiger partial charge in [-0.1, -0.05) is 12.1 Å². The molecule has 0 saturated heterocycles. The van der Waals surface area contributed by atoms with Crippen molar-refractivity contribution in [3.8, 4) is 12.1 Å². The number of halogens is 6. The van der Waals surface area contributed by atoms with Gasteiger partial charge in [0.15, 0.2) is 22.8 Å². The van der Waals surface area contributed by atoms with Crippen molar-refractivity contribution in [1.82, 2.24) is 64.4 Å². The van der Waals surface area contributed by atoms with Gasteiger partial charge < -0.3 is 9.97 Å². The van der Waals surface area contributed by atoms with Crippen LogP contribution in [-0.2, 0) is 12.4 Å². The molecule has 0 radical (unpaired) electrons. The lowest BCUT2D eigenvalue weighted by Crippen LogP contribution is -2.41. The number of nitriles is 1. The summed E-state index contributed by atoms with van der Waals surface area (Å²) in [5.74, 6) is 0.635. The second-order valence-electron chi connectivity index (χ2n) is 16.7. The molecule has 68 heavy (non-hydrogen) atoms. The van der Waals surface area contributed by atoms with Crippen LogP contribution in [0.5, 0.6) is 0 Å². The van der Waals surface area contributed by atoms with Gasteiger partial charge >= 0.3 is 18.4 Å². The summed E-state index contributed by atoms with van der Waals surface area (Å²) in [6, 6.07) is 9.26. The minimum absolute atomic E-state index is 0.00184. The lowest BCUT2D eigenvalue weighted by Gasteiger charge is -2.36. The maximum atomic E-state index is 14.1. The Balaban J connectivity index is 0.985. The van der Waals surface area contributed by atoms with Gasteiger partial charge in [0, 0.05) is 54.7 Å². The van der Waals surface area contributed by atoms with Crippen LogP contribution in [0, 0.1) is 23.3 Å². The van der Waals surface area contributed by atoms with Crippen molar-refractivity contribution < 1.29 is 26.3 Å². The van der Waals surface area contributed by atoms with Gasteiger partial charge in [0.1, 0.15) is 52.2 Å². The molecule has 10 rings (SSSR count). The van der Waals surface area contributed by atoms with Gasteiger partial charge in [-0.25, -0.2) is 34.3 Å². The number of hydrogen-bond acceptors (Lipinski definition) is 13. The third kappa shape index (κ3) is 7.70. The Morgan fingerprint density at radius 1 is 0.721 bits per heavy atom. The number of pyridine rings is 2. The molecule has 0 aromatic carbocycles. The molecule has 344 valence electrons. The van der Waals surface area contributed by atoms with Crippen molar-refractivity contribution in [2.75, 3.05) is 6.54 Å². The quantitative estimate of drug-likeness (QED) is 0.148. The smallest absolute Gasteiger partial charge is 0.310 e. The van der Waals surface area contributed by atoms with Crippen LogP contribution >= 0.6 is 0 Å². The third-order valence-electron chi connectivity index (χ3n) is 12.8. The molecular formula is C44H35F6N16O2+. The molecule has 24 heteroatoms. The SMILES string of the molecule is C[C@@H](c1ccc(C(F)(F)F)nc1)n1nc(C#N)c2c(=O)[nH]c([C@H]3CC[C@@H]3C3=NC=CCN3[N+]#Cc3nn([C@@H](C)c4ccc(C(F)(F)F)nc4)c4nc([C@@H]5CC[C@H]5c5ncccn5)[nH]c(=O)c34)nc21. The van der Waals surface area contributed by atoms with Crippen molar-refractivity contribution in [1.29, 1.82) is 5.26 Å². The first-order valence-corrected chi connectivity index (χ1v) is 21.3. The second kappa shape index (κ2) is 16.6. The average molecular weight is 934 g/mol. The van der Waals surface area contributed by atoms with Crippen LogP contribution in [0.3, 0.4) is 0 Å². The first-order chi connectivity index (χ1) is 32.6. The minimum atomic E-state index is -4.65. The fraction of sp³-hybridized carbons (Fsp3) is 0.341. The Morgan fingerprint density at radius 3 is 1.72 bits per heavy atom. The van der Waals surface area contributed by atoms with Crippen molar-refractivity contribution >= 4 is 27.9 Å². The fourth-order valence-electron chi connectivity index (χ4n) is 8.79. The summed E-state index contributed by atoms with van der Waals surface area (Å²) in [6.07, 6.45) is 2.12. The Labute approximate surface area is 379 Å². The third-order valence-corrected chi connectivity index (χ3v) is 12.8. The largest absolute Gasteiger partial charge is 0.433 e. The van der Waals surface area contributed by atoms with E-state index in [0.29, 0.717) is 47.9 Å². The molecule has 2 fully saturated rings. The van der Waals surface area contributed by atoms with Crippen molar-refractivity contribution in [3.63, 3.8) is 0 Å². The number of aromatic amines is 2. The van der Waals surface area contributed by atoms with Gasteiger partial charge in [-0.05, 0) is 79.9 Å². The van der Waals surface area contributed by atoms with E-state index in [4.69, 9.17) is 15.1 Å². The standard InChI is InChI=1S/C44H34F6N16O2/c1-21(23-5-11-31(55-18-23)43(45,46)47)65-39-33(29(17-51)62-65)41(67)61-37(59-39)27-9-10-28(27)38-54-15-4-16-64(38)57-20-30-34-40(66(63-30)22(2)24-6-12-32(56-19-24)44(48,49)50)58-36(60-42(34)68)26-8-7-25(26)35-52-13-3-14-53-35/h3-6,11-15,18-19,21-22,25-28H,7-10,16H2,1-2H3,(H-,58,59,60,61,62,63,67,68)/p+1/t21-,22-,25+,26+,27-,28-/m0/s1. The molecule has 1 aliphatic heterocycles. The normalized spacial score (nSPS) is 20.2. The van der Waals surface area contributed by atoms with E-state index < -0.39 is 52.9 Å². The summed E-state index contributed by atoms with van der Waals surface area (Å²) in [4.78, 5) is 68.4. The molecule has 7 aromatic heterocycles. The number of fused-ring (bicyclic) bond motifs is 2. The first kappa shape index (κ1) is 43.7. The second-order valence-corrected chi connectivity index (χ2v) is 16.7. The summed E-state index contributed by atoms with van der Waals surface area (Å²) < 4.78 is 82.9. The van der Waals surface area contributed by atoms with E-state index >= 15 is 0 Å². The summed E-state index contributed by atoms with van der Waals surface area (Å²) >= 11 is 0. The van der Waals surface area contributed by atoms with E-state index in [-0.39, 0.29) is 63.6 Å². The Morgan fingerprint density at radius 2 is 1.24 bits per heavy atom. The van der Waals surface area contributed by atoms with Crippen LogP contribution < -0.4 is 11.1 Å². The topological polar surface area (TPSA) is 222 Å². The van der Waals surface area contributed by atoms with Crippen LogP contribution in [0.2, 0.25) is 0 Å². The zero-order valence-electron chi connectivity index (χ0n) is 35.7. The molecule has 2 aliphatic carbocycles. The number of aromatic nitrogens is 12. The molecule has 2 N–H and O–H groups in total. The summed E-state index contributed by atoms with van der Waals surface area (Å²) in [5.41, 5.74) is -2.63. The number of amidine groups is 1. The molecule has 0 unspecified atom stereocenters. The zero-order valence-corrected chi connectivity index (χ0v) is 35.7. The van der Waals surface area contributed by atoms with Crippen LogP contribution in [0.4, 0.5) is 26.3 Å². The Bertz CT molecular complexity index is 3400. The first-order valence-electron chi connectivity index (χ1n) is 21.3. The number of aliphatic imine (C=N–C) groups is 1. The number of nitrogens with one attached hydrogen (secondary N) is 2. The van der Waals surface area contributed by atoms with Gasteiger partial charge in [0.2, 0.25) is 5.69 Å². The number of hydrogen-bond donors (Lipinski definition) is 2. The monoisotopic (exact) mass is 933 g/mol. The molecule has 7 aromatic rings. The molecule has 18 nitrogen and oxygen atoms in total. The minimum Gasteiger partial charge on any atom is -0.310 e. The number of alkyl halides is 6. The average Bonchev–Trinajstić information content (AvgIpc) is 3.86. The van der Waals surface area contributed by atoms with Crippen molar-refractivity contribution in [3.05, 3.63) is 144 Å². The predicted octanol–water partition coefficient (Wildman–Crippen LogP) is 6.94. The van der Waals surface area contributed by atoms with E-state index in [1.165, 1.54) is 21.5 Å². The van der Waals surface area contributed by atoms with Crippen molar-refractivity contribution in [2.45, 2.75) is 81.7 Å². The van der Waals surface area contributed by atoms with Crippen LogP contribution in [-0.4, -0.2) is 76.8 Å². The molecule has 0 spiro atoms. The van der Waals surface area contributed by atoms with Gasteiger partial charge in [-0.15, -0.1) is 0 Å². The highest BCUT2D eigenvalue weighted by molar-refractivity contribution is 5.89. The Hall–Kier alpha value is -8.15. The molecule has 3 aliphatic rings. The van der Waals surface area contributed by atoms with Gasteiger partial charge in [0.25, 0.3) is 11.1 Å². The lowest BCUT2D eigenvalue weighted by molar-refractivity contribution is -0.142. The zero-order chi connectivity index (χ0) is 47.6. The summed E-state index contributed by atoms with van der Waals surface area (Å²) in [5, 5.41) is 20.4. The Kier molecular flexibility index (Phi) is 10.7. The molecule has 2 saturated carbocycles. The van der Waals surface area contributed by atoms with Gasteiger partial charge in [0.05, 0.1) is 17.0 Å². The molecule has 8 heterocycles. The van der Waals surface area contributed by atoms with E-state index in [1.807, 2.05) is 6.07 Å².